The molecule has 1 aromatic carbocycles. The fourth-order valence-electron chi connectivity index (χ4n) is 2.53. The first-order valence-electron chi connectivity index (χ1n) is 6.62. The SMILES string of the molecule is O=CN(C1CC1)C(C(=O)O)c1ccc(Br)c2cccnc12. The largest absolute Gasteiger partial charge is 0.479 e. The molecule has 1 N–H and O–H groups in total. The van der Waals surface area contributed by atoms with Crippen LogP contribution in [0.4, 0.5) is 0 Å². The summed E-state index contributed by atoms with van der Waals surface area (Å²) in [6, 6.07) is 6.20. The van der Waals surface area contributed by atoms with Crippen molar-refractivity contribution in [1.82, 2.24) is 9.88 Å². The molecule has 2 aromatic rings. The molecule has 1 saturated carbocycles. The van der Waals surface area contributed by atoms with E-state index in [1.54, 1.807) is 24.4 Å². The molecule has 0 saturated heterocycles. The second-order valence-corrected chi connectivity index (χ2v) is 5.92. The van der Waals surface area contributed by atoms with Crippen LogP contribution in [-0.2, 0) is 9.59 Å². The minimum atomic E-state index is -1.04. The van der Waals surface area contributed by atoms with E-state index in [0.717, 1.165) is 22.7 Å². The molecule has 0 aliphatic heterocycles. The van der Waals surface area contributed by atoms with Crippen molar-refractivity contribution >= 4 is 39.2 Å². The van der Waals surface area contributed by atoms with Gasteiger partial charge in [-0.3, -0.25) is 9.78 Å². The minimum absolute atomic E-state index is 0.0195. The predicted molar refractivity (Wildman–Crippen MR) is 80.7 cm³/mol. The normalized spacial score (nSPS) is 15.7. The standard InChI is InChI=1S/C15H13BrN2O3/c16-12-6-5-11(13-10(12)2-1-7-17-13)14(15(20)21)18(8-19)9-3-4-9/h1-2,5-9,14H,3-4H2,(H,20,21). The average Bonchev–Trinajstić information content (AvgIpc) is 3.30. The Morgan fingerprint density at radius 1 is 1.43 bits per heavy atom. The van der Waals surface area contributed by atoms with Gasteiger partial charge in [-0.2, -0.15) is 0 Å². The Morgan fingerprint density at radius 2 is 2.19 bits per heavy atom. The third-order valence-electron chi connectivity index (χ3n) is 3.66. The van der Waals surface area contributed by atoms with Crippen LogP contribution < -0.4 is 0 Å². The van der Waals surface area contributed by atoms with E-state index in [1.807, 2.05) is 6.07 Å². The highest BCUT2D eigenvalue weighted by Crippen LogP contribution is 2.36. The first-order valence-corrected chi connectivity index (χ1v) is 7.41. The van der Waals surface area contributed by atoms with Crippen LogP contribution in [-0.4, -0.2) is 33.4 Å². The molecule has 1 aliphatic carbocycles. The average molecular weight is 349 g/mol. The maximum atomic E-state index is 11.7. The molecule has 1 amide bonds. The van der Waals surface area contributed by atoms with Crippen molar-refractivity contribution in [3.05, 3.63) is 40.5 Å². The molecule has 1 heterocycles. The highest BCUT2D eigenvalue weighted by atomic mass is 79.9. The molecule has 1 unspecified atom stereocenters. The van der Waals surface area contributed by atoms with Crippen LogP contribution in [0.3, 0.4) is 0 Å². The Kier molecular flexibility index (Phi) is 3.63. The molecule has 1 atom stereocenters. The van der Waals surface area contributed by atoms with E-state index in [9.17, 15) is 14.7 Å². The number of carbonyl (C=O) groups is 2. The first-order chi connectivity index (χ1) is 10.1. The lowest BCUT2D eigenvalue weighted by Gasteiger charge is -2.26. The van der Waals surface area contributed by atoms with Gasteiger partial charge in [0.2, 0.25) is 6.41 Å². The van der Waals surface area contributed by atoms with Crippen molar-refractivity contribution in [2.24, 2.45) is 0 Å². The second kappa shape index (κ2) is 5.44. The van der Waals surface area contributed by atoms with Gasteiger partial charge in [-0.1, -0.05) is 28.1 Å². The van der Waals surface area contributed by atoms with E-state index >= 15 is 0 Å². The van der Waals surface area contributed by atoms with Crippen molar-refractivity contribution in [2.75, 3.05) is 0 Å². The van der Waals surface area contributed by atoms with Gasteiger partial charge < -0.3 is 10.0 Å². The summed E-state index contributed by atoms with van der Waals surface area (Å²) in [5.41, 5.74) is 1.15. The van der Waals surface area contributed by atoms with Crippen molar-refractivity contribution in [2.45, 2.75) is 24.9 Å². The molecular weight excluding hydrogens is 336 g/mol. The van der Waals surface area contributed by atoms with E-state index in [2.05, 4.69) is 20.9 Å². The number of benzene rings is 1. The fraction of sp³-hybridized carbons (Fsp3) is 0.267. The molecule has 0 radical (unpaired) electrons. The number of aliphatic carboxylic acids is 1. The summed E-state index contributed by atoms with van der Waals surface area (Å²) < 4.78 is 0.850. The van der Waals surface area contributed by atoms with E-state index in [-0.39, 0.29) is 6.04 Å². The number of fused-ring (bicyclic) bond motifs is 1. The molecule has 6 heteroatoms. The number of rotatable bonds is 5. The number of halogens is 1. The summed E-state index contributed by atoms with van der Waals surface area (Å²) in [5, 5.41) is 10.4. The molecule has 108 valence electrons. The number of hydrogen-bond acceptors (Lipinski definition) is 3. The number of carbonyl (C=O) groups excluding carboxylic acids is 1. The van der Waals surface area contributed by atoms with Gasteiger partial charge in [-0.25, -0.2) is 4.79 Å². The maximum absolute atomic E-state index is 11.7. The summed E-state index contributed by atoms with van der Waals surface area (Å²) in [7, 11) is 0. The minimum Gasteiger partial charge on any atom is -0.479 e. The van der Waals surface area contributed by atoms with Gasteiger partial charge >= 0.3 is 5.97 Å². The summed E-state index contributed by atoms with van der Waals surface area (Å²) in [4.78, 5) is 28.8. The first kappa shape index (κ1) is 14.0. The van der Waals surface area contributed by atoms with Crippen LogP contribution in [0.5, 0.6) is 0 Å². The molecule has 3 rings (SSSR count). The second-order valence-electron chi connectivity index (χ2n) is 5.06. The summed E-state index contributed by atoms with van der Waals surface area (Å²) in [6.45, 7) is 0. The molecular formula is C15H13BrN2O3. The van der Waals surface area contributed by atoms with Crippen LogP contribution in [0.1, 0.15) is 24.4 Å². The zero-order valence-corrected chi connectivity index (χ0v) is 12.7. The van der Waals surface area contributed by atoms with E-state index in [0.29, 0.717) is 17.5 Å². The summed E-state index contributed by atoms with van der Waals surface area (Å²) >= 11 is 3.44. The highest BCUT2D eigenvalue weighted by molar-refractivity contribution is 9.10. The van der Waals surface area contributed by atoms with E-state index in [4.69, 9.17) is 0 Å². The Hall–Kier alpha value is -1.95. The van der Waals surface area contributed by atoms with Gasteiger partial charge in [0.15, 0.2) is 6.04 Å². The molecule has 1 aromatic heterocycles. The van der Waals surface area contributed by atoms with Crippen molar-refractivity contribution in [3.63, 3.8) is 0 Å². The van der Waals surface area contributed by atoms with Crippen LogP contribution in [0.2, 0.25) is 0 Å². The van der Waals surface area contributed by atoms with Gasteiger partial charge in [0.05, 0.1) is 5.52 Å². The fourth-order valence-corrected chi connectivity index (χ4v) is 2.98. The topological polar surface area (TPSA) is 70.5 Å². The van der Waals surface area contributed by atoms with Gasteiger partial charge in [-0.15, -0.1) is 0 Å². The molecule has 0 spiro atoms. The third-order valence-corrected chi connectivity index (χ3v) is 4.36. The van der Waals surface area contributed by atoms with Crippen LogP contribution in [0.15, 0.2) is 34.9 Å². The number of pyridine rings is 1. The number of aromatic nitrogens is 1. The lowest BCUT2D eigenvalue weighted by molar-refractivity contribution is -0.147. The number of nitrogens with zero attached hydrogens (tertiary/aromatic N) is 2. The van der Waals surface area contributed by atoms with Crippen molar-refractivity contribution in [1.29, 1.82) is 0 Å². The van der Waals surface area contributed by atoms with Crippen LogP contribution in [0, 0.1) is 0 Å². The Balaban J connectivity index is 2.18. The molecule has 0 bridgehead atoms. The Bertz CT molecular complexity index is 715. The smallest absolute Gasteiger partial charge is 0.331 e. The Labute approximate surface area is 129 Å². The van der Waals surface area contributed by atoms with Crippen molar-refractivity contribution in [3.8, 4) is 0 Å². The molecule has 5 nitrogen and oxygen atoms in total. The lowest BCUT2D eigenvalue weighted by Crippen LogP contribution is -2.35. The molecule has 21 heavy (non-hydrogen) atoms. The number of carboxylic acid groups (broad SMARTS) is 1. The number of carboxylic acids is 1. The molecule has 1 fully saturated rings. The van der Waals surface area contributed by atoms with E-state index < -0.39 is 12.0 Å². The Morgan fingerprint density at radius 3 is 2.81 bits per heavy atom. The van der Waals surface area contributed by atoms with Crippen LogP contribution >= 0.6 is 15.9 Å². The van der Waals surface area contributed by atoms with Gasteiger partial charge in [0, 0.05) is 27.7 Å². The number of amides is 1. The van der Waals surface area contributed by atoms with Gasteiger partial charge in [0.25, 0.3) is 0 Å². The van der Waals surface area contributed by atoms with Gasteiger partial charge in [-0.05, 0) is 25.0 Å². The molecule has 1 aliphatic rings. The highest BCUT2D eigenvalue weighted by Gasteiger charge is 2.38. The third kappa shape index (κ3) is 2.51. The number of hydrogen-bond donors (Lipinski definition) is 1. The summed E-state index contributed by atoms with van der Waals surface area (Å²) in [6.07, 6.45) is 3.96. The lowest BCUT2D eigenvalue weighted by atomic mass is 10.0. The van der Waals surface area contributed by atoms with Crippen molar-refractivity contribution < 1.29 is 14.7 Å². The zero-order chi connectivity index (χ0) is 15.0. The quantitative estimate of drug-likeness (QED) is 0.843. The summed E-state index contributed by atoms with van der Waals surface area (Å²) in [5.74, 6) is -1.04. The van der Waals surface area contributed by atoms with Gasteiger partial charge in [0.1, 0.15) is 0 Å². The monoisotopic (exact) mass is 348 g/mol. The van der Waals surface area contributed by atoms with Crippen LogP contribution in [0.25, 0.3) is 10.9 Å². The van der Waals surface area contributed by atoms with E-state index in [1.165, 1.54) is 4.90 Å². The predicted octanol–water partition coefficient (Wildman–Crippen LogP) is 2.74. The maximum Gasteiger partial charge on any atom is 0.331 e. The zero-order valence-electron chi connectivity index (χ0n) is 11.1.